The van der Waals surface area contributed by atoms with Gasteiger partial charge in [-0.15, -0.1) is 0 Å². The van der Waals surface area contributed by atoms with Crippen LogP contribution in [0, 0.1) is 0 Å². The van der Waals surface area contributed by atoms with E-state index in [0.29, 0.717) is 6.61 Å². The van der Waals surface area contributed by atoms with Crippen LogP contribution in [-0.4, -0.2) is 58.9 Å². The van der Waals surface area contributed by atoms with Crippen LogP contribution < -0.4 is 0 Å². The lowest BCUT2D eigenvalue weighted by molar-refractivity contribution is -0.144. The van der Waals surface area contributed by atoms with Crippen molar-refractivity contribution in [3.63, 3.8) is 0 Å². The first-order chi connectivity index (χ1) is 9.04. The molecule has 1 rings (SSSR count). The average Bonchev–Trinajstić information content (AvgIpc) is 2.75. The number of aliphatic carboxylic acids is 2. The van der Waals surface area contributed by atoms with Crippen molar-refractivity contribution >= 4 is 11.9 Å². The second-order valence-electron chi connectivity index (χ2n) is 4.95. The summed E-state index contributed by atoms with van der Waals surface area (Å²) in [7, 11) is 0. The van der Waals surface area contributed by atoms with Crippen molar-refractivity contribution in [3.8, 4) is 0 Å². The van der Waals surface area contributed by atoms with Gasteiger partial charge in [-0.1, -0.05) is 13.3 Å². The third kappa shape index (κ3) is 5.57. The highest BCUT2D eigenvalue weighted by molar-refractivity contribution is 5.72. The van der Waals surface area contributed by atoms with Crippen LogP contribution in [0.2, 0.25) is 0 Å². The third-order valence-corrected chi connectivity index (χ3v) is 3.39. The zero-order valence-corrected chi connectivity index (χ0v) is 11.4. The minimum atomic E-state index is -1.000. The minimum absolute atomic E-state index is 0.0368. The van der Waals surface area contributed by atoms with Gasteiger partial charge >= 0.3 is 11.9 Å². The molecule has 6 nitrogen and oxygen atoms in total. The zero-order valence-electron chi connectivity index (χ0n) is 11.4. The molecule has 1 aliphatic rings. The molecule has 2 atom stereocenters. The molecule has 19 heavy (non-hydrogen) atoms. The van der Waals surface area contributed by atoms with Crippen molar-refractivity contribution in [2.45, 2.75) is 51.2 Å². The second kappa shape index (κ2) is 8.12. The highest BCUT2D eigenvalue weighted by Crippen LogP contribution is 2.27. The quantitative estimate of drug-likeness (QED) is 0.614. The fourth-order valence-corrected chi connectivity index (χ4v) is 2.54. The largest absolute Gasteiger partial charge is 0.480 e. The summed E-state index contributed by atoms with van der Waals surface area (Å²) in [5.41, 5.74) is 0. The molecule has 110 valence electrons. The Morgan fingerprint density at radius 3 is 2.37 bits per heavy atom. The molecular weight excluding hydrogens is 250 g/mol. The molecule has 1 aliphatic carbocycles. The molecule has 0 aromatic carbocycles. The van der Waals surface area contributed by atoms with Gasteiger partial charge in [0.25, 0.3) is 0 Å². The van der Waals surface area contributed by atoms with Crippen molar-refractivity contribution in [2.24, 2.45) is 0 Å². The van der Waals surface area contributed by atoms with E-state index in [0.717, 1.165) is 32.1 Å². The first kappa shape index (κ1) is 15.9. The molecule has 0 amide bonds. The van der Waals surface area contributed by atoms with Crippen molar-refractivity contribution in [3.05, 3.63) is 0 Å². The number of hydrogen-bond donors (Lipinski definition) is 2. The van der Waals surface area contributed by atoms with Crippen molar-refractivity contribution < 1.29 is 24.5 Å². The van der Waals surface area contributed by atoms with Crippen LogP contribution in [0.15, 0.2) is 0 Å². The van der Waals surface area contributed by atoms with Gasteiger partial charge in [0.15, 0.2) is 0 Å². The summed E-state index contributed by atoms with van der Waals surface area (Å²) < 4.78 is 5.77. The van der Waals surface area contributed by atoms with E-state index in [-0.39, 0.29) is 25.2 Å². The fraction of sp³-hybridized carbons (Fsp3) is 0.846. The Kier molecular flexibility index (Phi) is 6.80. The predicted molar refractivity (Wildman–Crippen MR) is 69.1 cm³/mol. The van der Waals surface area contributed by atoms with Crippen LogP contribution in [0.25, 0.3) is 0 Å². The molecule has 0 aliphatic heterocycles. The lowest BCUT2D eigenvalue weighted by Gasteiger charge is -2.30. The zero-order chi connectivity index (χ0) is 14.3. The highest BCUT2D eigenvalue weighted by Gasteiger charge is 2.34. The molecule has 0 unspecified atom stereocenters. The molecule has 0 aromatic heterocycles. The highest BCUT2D eigenvalue weighted by atomic mass is 16.5. The predicted octanol–water partition coefficient (Wildman–Crippen LogP) is 1.20. The first-order valence-electron chi connectivity index (χ1n) is 6.83. The Balaban J connectivity index is 2.58. The van der Waals surface area contributed by atoms with Gasteiger partial charge in [0, 0.05) is 12.6 Å². The van der Waals surface area contributed by atoms with E-state index in [2.05, 4.69) is 6.92 Å². The van der Waals surface area contributed by atoms with E-state index in [1.165, 1.54) is 4.90 Å². The second-order valence-corrected chi connectivity index (χ2v) is 4.95. The van der Waals surface area contributed by atoms with E-state index in [4.69, 9.17) is 14.9 Å². The number of carboxylic acid groups (broad SMARTS) is 2. The van der Waals surface area contributed by atoms with Gasteiger partial charge in [0.1, 0.15) is 0 Å². The minimum Gasteiger partial charge on any atom is -0.480 e. The monoisotopic (exact) mass is 273 g/mol. The van der Waals surface area contributed by atoms with Gasteiger partial charge in [0.05, 0.1) is 19.2 Å². The van der Waals surface area contributed by atoms with Crippen molar-refractivity contribution in [1.82, 2.24) is 4.90 Å². The maximum atomic E-state index is 10.8. The molecular formula is C13H23NO5. The molecule has 2 N–H and O–H groups in total. The normalized spacial score (nSPS) is 22.8. The van der Waals surface area contributed by atoms with Crippen LogP contribution in [0.1, 0.15) is 39.0 Å². The van der Waals surface area contributed by atoms with E-state index in [1.807, 2.05) is 0 Å². The fourth-order valence-electron chi connectivity index (χ4n) is 2.54. The van der Waals surface area contributed by atoms with E-state index in [9.17, 15) is 9.59 Å². The Morgan fingerprint density at radius 2 is 1.84 bits per heavy atom. The lowest BCUT2D eigenvalue weighted by atomic mass is 10.1. The maximum absolute atomic E-state index is 10.8. The van der Waals surface area contributed by atoms with Crippen LogP contribution >= 0.6 is 0 Å². The standard InChI is InChI=1S/C13H23NO5/c1-2-3-7-19-11-6-4-5-10(11)14(8-12(15)16)9-13(17)18/h10-11H,2-9H2,1H3,(H,15,16)(H,17,18)/t10-,11-/m1/s1. The molecule has 0 spiro atoms. The molecule has 6 heteroatoms. The summed E-state index contributed by atoms with van der Waals surface area (Å²) in [4.78, 5) is 23.2. The summed E-state index contributed by atoms with van der Waals surface area (Å²) in [6, 6.07) is -0.0935. The Labute approximate surface area is 113 Å². The Morgan fingerprint density at radius 1 is 1.21 bits per heavy atom. The number of carbonyl (C=O) groups is 2. The lowest BCUT2D eigenvalue weighted by Crippen LogP contribution is -2.46. The summed E-state index contributed by atoms with van der Waals surface area (Å²) >= 11 is 0. The van der Waals surface area contributed by atoms with Gasteiger partial charge in [-0.05, 0) is 25.7 Å². The van der Waals surface area contributed by atoms with E-state index in [1.54, 1.807) is 0 Å². The number of hydrogen-bond acceptors (Lipinski definition) is 4. The topological polar surface area (TPSA) is 87.1 Å². The number of unbranched alkanes of at least 4 members (excludes halogenated alkanes) is 1. The smallest absolute Gasteiger partial charge is 0.317 e. The summed E-state index contributed by atoms with van der Waals surface area (Å²) in [5.74, 6) is -2.00. The number of carboxylic acids is 2. The Hall–Kier alpha value is -1.14. The molecule has 0 aromatic rings. The molecule has 0 saturated heterocycles. The van der Waals surface area contributed by atoms with Crippen LogP contribution in [0.3, 0.4) is 0 Å². The molecule has 0 heterocycles. The van der Waals surface area contributed by atoms with Gasteiger partial charge in [-0.3, -0.25) is 14.5 Å². The van der Waals surface area contributed by atoms with Gasteiger partial charge in [-0.2, -0.15) is 0 Å². The van der Waals surface area contributed by atoms with Crippen LogP contribution in [0.4, 0.5) is 0 Å². The molecule has 0 bridgehead atoms. The van der Waals surface area contributed by atoms with E-state index >= 15 is 0 Å². The maximum Gasteiger partial charge on any atom is 0.317 e. The van der Waals surface area contributed by atoms with Crippen LogP contribution in [0.5, 0.6) is 0 Å². The summed E-state index contributed by atoms with van der Waals surface area (Å²) in [6.07, 6.45) is 4.62. The third-order valence-electron chi connectivity index (χ3n) is 3.39. The molecule has 1 saturated carbocycles. The summed E-state index contributed by atoms with van der Waals surface area (Å²) in [5, 5.41) is 17.8. The van der Waals surface area contributed by atoms with Crippen molar-refractivity contribution in [1.29, 1.82) is 0 Å². The van der Waals surface area contributed by atoms with Gasteiger partial charge < -0.3 is 14.9 Å². The Bertz CT molecular complexity index is 291. The SMILES string of the molecule is CCCCO[C@@H]1CCC[C@H]1N(CC(=O)O)CC(=O)O. The van der Waals surface area contributed by atoms with Crippen molar-refractivity contribution in [2.75, 3.05) is 19.7 Å². The average molecular weight is 273 g/mol. The van der Waals surface area contributed by atoms with Gasteiger partial charge in [0.2, 0.25) is 0 Å². The van der Waals surface area contributed by atoms with Gasteiger partial charge in [-0.25, -0.2) is 0 Å². The molecule has 1 fully saturated rings. The van der Waals surface area contributed by atoms with Crippen LogP contribution in [-0.2, 0) is 14.3 Å². The first-order valence-corrected chi connectivity index (χ1v) is 6.83. The number of nitrogens with zero attached hydrogens (tertiary/aromatic N) is 1. The van der Waals surface area contributed by atoms with E-state index < -0.39 is 11.9 Å². The summed E-state index contributed by atoms with van der Waals surface area (Å²) in [6.45, 7) is 2.25. The number of rotatable bonds is 9. The number of ether oxygens (including phenoxy) is 1. The molecule has 0 radical (unpaired) electrons.